The first-order valence-corrected chi connectivity index (χ1v) is 7.49. The number of H-pyrrole nitrogens is 1. The standard InChI is InChI=1S/C13H20N2O5S/c1-7-5-15(13(17)14-11(7)16)12-10(20-4)9(19-3)8(21-12)6-18-2/h5,8-10,12H,6H2,1-4H3,(H,14,16,17)/t8-,9?,10?,12-/m1/s1. The van der Waals surface area contributed by atoms with Crippen LogP contribution in [0.1, 0.15) is 10.9 Å². The van der Waals surface area contributed by atoms with E-state index in [2.05, 4.69) is 4.98 Å². The second kappa shape index (κ2) is 6.78. The van der Waals surface area contributed by atoms with Crippen molar-refractivity contribution in [1.29, 1.82) is 0 Å². The van der Waals surface area contributed by atoms with Crippen molar-refractivity contribution in [2.45, 2.75) is 29.8 Å². The molecule has 2 rings (SSSR count). The summed E-state index contributed by atoms with van der Waals surface area (Å²) in [6.07, 6.45) is 1.07. The Morgan fingerprint density at radius 3 is 2.48 bits per heavy atom. The molecule has 0 spiro atoms. The Kier molecular flexibility index (Phi) is 5.26. The summed E-state index contributed by atoms with van der Waals surface area (Å²) in [7, 11) is 4.82. The van der Waals surface area contributed by atoms with Crippen molar-refractivity contribution in [2.24, 2.45) is 0 Å². The van der Waals surface area contributed by atoms with Gasteiger partial charge in [0, 0.05) is 33.1 Å². The Labute approximate surface area is 126 Å². The van der Waals surface area contributed by atoms with Gasteiger partial charge in [0.05, 0.1) is 11.9 Å². The minimum atomic E-state index is -0.446. The molecule has 0 aromatic carbocycles. The van der Waals surface area contributed by atoms with E-state index in [0.29, 0.717) is 12.2 Å². The van der Waals surface area contributed by atoms with Gasteiger partial charge in [0.1, 0.15) is 17.6 Å². The molecule has 1 fully saturated rings. The van der Waals surface area contributed by atoms with Crippen molar-refractivity contribution in [1.82, 2.24) is 9.55 Å². The van der Waals surface area contributed by atoms with Crippen LogP contribution in [0.4, 0.5) is 0 Å². The van der Waals surface area contributed by atoms with Gasteiger partial charge in [-0.2, -0.15) is 0 Å². The van der Waals surface area contributed by atoms with Gasteiger partial charge in [-0.3, -0.25) is 14.3 Å². The predicted octanol–water partition coefficient (Wildman–Crippen LogP) is 0.135. The Bertz CT molecular complexity index is 599. The third-order valence-electron chi connectivity index (χ3n) is 3.58. The van der Waals surface area contributed by atoms with E-state index in [9.17, 15) is 9.59 Å². The molecule has 0 radical (unpaired) electrons. The first-order chi connectivity index (χ1) is 10.0. The van der Waals surface area contributed by atoms with E-state index in [1.54, 1.807) is 46.2 Å². The molecule has 1 N–H and O–H groups in total. The van der Waals surface area contributed by atoms with Gasteiger partial charge in [0.2, 0.25) is 0 Å². The Morgan fingerprint density at radius 2 is 1.90 bits per heavy atom. The highest BCUT2D eigenvalue weighted by molar-refractivity contribution is 8.00. The number of hydrogen-bond donors (Lipinski definition) is 1. The molecule has 0 bridgehead atoms. The second-order valence-corrected chi connectivity index (χ2v) is 6.26. The SMILES string of the molecule is COC[C@H]1S[C@@H](n2cc(C)c(=O)[nH]c2=O)C(OC)C1OC. The monoisotopic (exact) mass is 316 g/mol. The van der Waals surface area contributed by atoms with Crippen molar-refractivity contribution < 1.29 is 14.2 Å². The van der Waals surface area contributed by atoms with Crippen LogP contribution in [0, 0.1) is 6.92 Å². The first kappa shape index (κ1) is 16.3. The lowest BCUT2D eigenvalue weighted by Gasteiger charge is -2.23. The van der Waals surface area contributed by atoms with E-state index >= 15 is 0 Å². The number of rotatable bonds is 5. The zero-order chi connectivity index (χ0) is 15.6. The van der Waals surface area contributed by atoms with Crippen molar-refractivity contribution in [2.75, 3.05) is 27.9 Å². The number of methoxy groups -OCH3 is 3. The van der Waals surface area contributed by atoms with Crippen LogP contribution < -0.4 is 11.2 Å². The first-order valence-electron chi connectivity index (χ1n) is 6.55. The Balaban J connectivity index is 2.41. The van der Waals surface area contributed by atoms with Crippen LogP contribution in [0.5, 0.6) is 0 Å². The van der Waals surface area contributed by atoms with Gasteiger partial charge in [-0.15, -0.1) is 11.8 Å². The average Bonchev–Trinajstić information content (AvgIpc) is 2.80. The molecule has 0 aliphatic carbocycles. The summed E-state index contributed by atoms with van der Waals surface area (Å²) in [4.78, 5) is 25.9. The number of aromatic amines is 1. The Hall–Kier alpha value is -1.09. The summed E-state index contributed by atoms with van der Waals surface area (Å²) < 4.78 is 17.7. The van der Waals surface area contributed by atoms with Crippen LogP contribution in [-0.4, -0.2) is 54.9 Å². The maximum absolute atomic E-state index is 12.1. The summed E-state index contributed by atoms with van der Waals surface area (Å²) >= 11 is 1.55. The number of thioether (sulfide) groups is 1. The van der Waals surface area contributed by atoms with Crippen LogP contribution >= 0.6 is 11.8 Å². The van der Waals surface area contributed by atoms with Gasteiger partial charge in [0.25, 0.3) is 5.56 Å². The van der Waals surface area contributed by atoms with Crippen molar-refractivity contribution in [3.63, 3.8) is 0 Å². The molecule has 7 nitrogen and oxygen atoms in total. The molecule has 4 atom stereocenters. The van der Waals surface area contributed by atoms with Crippen molar-refractivity contribution in [3.05, 3.63) is 32.6 Å². The quantitative estimate of drug-likeness (QED) is 0.832. The average molecular weight is 316 g/mol. The third kappa shape index (κ3) is 3.08. The fraction of sp³-hybridized carbons (Fsp3) is 0.692. The van der Waals surface area contributed by atoms with Gasteiger partial charge in [0.15, 0.2) is 0 Å². The third-order valence-corrected chi connectivity index (χ3v) is 5.11. The van der Waals surface area contributed by atoms with Gasteiger partial charge in [-0.1, -0.05) is 0 Å². The number of aryl methyl sites for hydroxylation is 1. The topological polar surface area (TPSA) is 82.6 Å². The molecule has 2 heterocycles. The number of aromatic nitrogens is 2. The summed E-state index contributed by atoms with van der Waals surface area (Å²) in [5.41, 5.74) is -0.336. The lowest BCUT2D eigenvalue weighted by molar-refractivity contribution is -0.0432. The molecule has 1 saturated heterocycles. The van der Waals surface area contributed by atoms with E-state index in [0.717, 1.165) is 0 Å². The van der Waals surface area contributed by atoms with Crippen LogP contribution in [0.2, 0.25) is 0 Å². The fourth-order valence-electron chi connectivity index (χ4n) is 2.54. The minimum absolute atomic E-state index is 0.0501. The summed E-state index contributed by atoms with van der Waals surface area (Å²) in [6, 6.07) is 0. The van der Waals surface area contributed by atoms with Crippen LogP contribution in [0.15, 0.2) is 15.8 Å². The van der Waals surface area contributed by atoms with Gasteiger partial charge in [-0.25, -0.2) is 4.79 Å². The molecular weight excluding hydrogens is 296 g/mol. The molecular formula is C13H20N2O5S. The molecule has 8 heteroatoms. The van der Waals surface area contributed by atoms with Crippen LogP contribution in [-0.2, 0) is 14.2 Å². The zero-order valence-corrected chi connectivity index (χ0v) is 13.3. The normalized spacial score (nSPS) is 29.0. The summed E-state index contributed by atoms with van der Waals surface area (Å²) in [6.45, 7) is 2.16. The highest BCUT2D eigenvalue weighted by Gasteiger charge is 2.46. The van der Waals surface area contributed by atoms with Gasteiger partial charge in [-0.05, 0) is 6.92 Å². The lowest BCUT2D eigenvalue weighted by Crippen LogP contribution is -2.40. The van der Waals surface area contributed by atoms with Crippen LogP contribution in [0.25, 0.3) is 0 Å². The largest absolute Gasteiger partial charge is 0.383 e. The van der Waals surface area contributed by atoms with Gasteiger partial charge < -0.3 is 14.2 Å². The number of nitrogens with one attached hydrogen (secondary N) is 1. The number of hydrogen-bond acceptors (Lipinski definition) is 6. The maximum Gasteiger partial charge on any atom is 0.329 e. The predicted molar refractivity (Wildman–Crippen MR) is 79.9 cm³/mol. The maximum atomic E-state index is 12.1. The highest BCUT2D eigenvalue weighted by Crippen LogP contribution is 2.43. The lowest BCUT2D eigenvalue weighted by atomic mass is 10.1. The molecule has 1 aliphatic rings. The molecule has 1 aliphatic heterocycles. The molecule has 1 aromatic heterocycles. The summed E-state index contributed by atoms with van der Waals surface area (Å²) in [5.74, 6) is 0. The number of nitrogens with zero attached hydrogens (tertiary/aromatic N) is 1. The summed E-state index contributed by atoms with van der Waals surface area (Å²) in [5, 5.41) is -0.225. The molecule has 1 aromatic rings. The molecule has 21 heavy (non-hydrogen) atoms. The van der Waals surface area contributed by atoms with E-state index in [-0.39, 0.29) is 28.4 Å². The van der Waals surface area contributed by atoms with E-state index < -0.39 is 5.69 Å². The van der Waals surface area contributed by atoms with Crippen molar-refractivity contribution in [3.8, 4) is 0 Å². The minimum Gasteiger partial charge on any atom is -0.383 e. The van der Waals surface area contributed by atoms with E-state index in [1.807, 2.05) is 0 Å². The number of ether oxygens (including phenoxy) is 3. The molecule has 118 valence electrons. The second-order valence-electron chi connectivity index (χ2n) is 4.90. The van der Waals surface area contributed by atoms with E-state index in [1.165, 1.54) is 4.57 Å². The highest BCUT2D eigenvalue weighted by atomic mass is 32.2. The molecule has 0 saturated carbocycles. The van der Waals surface area contributed by atoms with Crippen LogP contribution in [0.3, 0.4) is 0 Å². The molecule has 0 amide bonds. The van der Waals surface area contributed by atoms with Gasteiger partial charge >= 0.3 is 5.69 Å². The zero-order valence-electron chi connectivity index (χ0n) is 12.5. The molecule has 2 unspecified atom stereocenters. The van der Waals surface area contributed by atoms with Crippen molar-refractivity contribution >= 4 is 11.8 Å². The fourth-order valence-corrected chi connectivity index (χ4v) is 4.24. The smallest absolute Gasteiger partial charge is 0.329 e. The Morgan fingerprint density at radius 1 is 1.24 bits per heavy atom. The van der Waals surface area contributed by atoms with E-state index in [4.69, 9.17) is 14.2 Å².